The van der Waals surface area contributed by atoms with Crippen LogP contribution in [0, 0.1) is 0 Å². The number of aromatic nitrogens is 2. The molecule has 2 aromatic heterocycles. The van der Waals surface area contributed by atoms with Gasteiger partial charge in [0.25, 0.3) is 0 Å². The predicted molar refractivity (Wildman–Crippen MR) is 53.1 cm³/mol. The molecule has 0 saturated carbocycles. The van der Waals surface area contributed by atoms with Crippen molar-refractivity contribution >= 4 is 26.8 Å². The summed E-state index contributed by atoms with van der Waals surface area (Å²) < 4.78 is 3.07. The summed E-state index contributed by atoms with van der Waals surface area (Å²) in [6, 6.07) is 4.13. The number of hydrogen-bond acceptors (Lipinski definition) is 1. The van der Waals surface area contributed by atoms with Gasteiger partial charge in [-0.3, -0.25) is 0 Å². The molecule has 2 rings (SSSR count). The lowest BCUT2D eigenvalue weighted by molar-refractivity contribution is 0.796. The smallest absolute Gasteiger partial charge is 0.106 e. The van der Waals surface area contributed by atoms with Crippen LogP contribution in [-0.4, -0.2) is 9.55 Å². The van der Waals surface area contributed by atoms with Gasteiger partial charge in [0.2, 0.25) is 0 Å². The molecule has 0 unspecified atom stereocenters. The molecule has 2 nitrogen and oxygen atoms in total. The minimum Gasteiger partial charge on any atom is -0.347 e. The van der Waals surface area contributed by atoms with Crippen molar-refractivity contribution in [1.82, 2.24) is 9.55 Å². The Morgan fingerprint density at radius 2 is 2.42 bits per heavy atom. The maximum Gasteiger partial charge on any atom is 0.106 e. The molecule has 0 radical (unpaired) electrons. The van der Waals surface area contributed by atoms with Gasteiger partial charge < -0.3 is 4.57 Å². The maximum absolute atomic E-state index is 4.18. The lowest BCUT2D eigenvalue weighted by Crippen LogP contribution is -1.90. The van der Waals surface area contributed by atoms with Gasteiger partial charge in [-0.1, -0.05) is 0 Å². The number of rotatable bonds is 1. The lowest BCUT2D eigenvalue weighted by Gasteiger charge is -1.98. The molecule has 0 spiro atoms. The van der Waals surface area contributed by atoms with E-state index in [4.69, 9.17) is 0 Å². The molecule has 62 valence electrons. The first-order valence-electron chi connectivity index (χ1n) is 3.91. The normalized spacial score (nSPS) is 10.8. The number of pyridine rings is 1. The first-order chi connectivity index (χ1) is 5.81. The second kappa shape index (κ2) is 2.90. The fourth-order valence-corrected chi connectivity index (χ4v) is 1.69. The van der Waals surface area contributed by atoms with E-state index in [-0.39, 0.29) is 0 Å². The van der Waals surface area contributed by atoms with E-state index in [0.717, 1.165) is 11.1 Å². The molecular weight excluding hydrogens is 216 g/mol. The highest BCUT2D eigenvalue weighted by Crippen LogP contribution is 2.17. The minimum absolute atomic E-state index is 0.892. The van der Waals surface area contributed by atoms with Gasteiger partial charge in [-0.25, -0.2) is 4.98 Å². The molecule has 0 atom stereocenters. The van der Waals surface area contributed by atoms with Gasteiger partial charge in [-0.2, -0.15) is 0 Å². The first-order valence-corrected chi connectivity index (χ1v) is 4.71. The van der Waals surface area contributed by atoms with Crippen LogP contribution in [0.4, 0.5) is 0 Å². The monoisotopic (exact) mass is 224 g/mol. The van der Waals surface area contributed by atoms with Crippen LogP contribution >= 0.6 is 15.9 Å². The second-order valence-electron chi connectivity index (χ2n) is 2.67. The largest absolute Gasteiger partial charge is 0.347 e. The molecule has 12 heavy (non-hydrogen) atoms. The molecule has 0 aliphatic heterocycles. The third-order valence-electron chi connectivity index (χ3n) is 1.96. The quantitative estimate of drug-likeness (QED) is 0.682. The van der Waals surface area contributed by atoms with Crippen molar-refractivity contribution < 1.29 is 0 Å². The van der Waals surface area contributed by atoms with Crippen molar-refractivity contribution in [2.75, 3.05) is 0 Å². The standard InChI is InChI=1S/C9H9BrN2/c1-2-12-4-3-7-5-9(10)11-6-8(7)12/h3-6H,2H2,1H3. The average Bonchev–Trinajstić information content (AvgIpc) is 2.46. The minimum atomic E-state index is 0.892. The fraction of sp³-hybridized carbons (Fsp3) is 0.222. The number of nitrogens with zero attached hydrogens (tertiary/aromatic N) is 2. The zero-order chi connectivity index (χ0) is 8.55. The first kappa shape index (κ1) is 7.80. The van der Waals surface area contributed by atoms with Gasteiger partial charge >= 0.3 is 0 Å². The number of halogens is 1. The molecule has 0 aromatic carbocycles. The number of aryl methyl sites for hydroxylation is 1. The van der Waals surface area contributed by atoms with E-state index >= 15 is 0 Å². The van der Waals surface area contributed by atoms with Gasteiger partial charge in [0.05, 0.1) is 11.7 Å². The van der Waals surface area contributed by atoms with E-state index in [1.54, 1.807) is 0 Å². The van der Waals surface area contributed by atoms with Crippen LogP contribution in [-0.2, 0) is 6.54 Å². The zero-order valence-corrected chi connectivity index (χ0v) is 8.37. The van der Waals surface area contributed by atoms with Gasteiger partial charge in [0, 0.05) is 18.1 Å². The summed E-state index contributed by atoms with van der Waals surface area (Å²) in [6.07, 6.45) is 3.97. The summed E-state index contributed by atoms with van der Waals surface area (Å²) in [5.41, 5.74) is 1.20. The van der Waals surface area contributed by atoms with Crippen LogP contribution in [0.2, 0.25) is 0 Å². The van der Waals surface area contributed by atoms with Crippen molar-refractivity contribution in [3.05, 3.63) is 29.1 Å². The molecule has 3 heteroatoms. The Morgan fingerprint density at radius 1 is 1.58 bits per heavy atom. The molecule has 0 amide bonds. The summed E-state index contributed by atoms with van der Waals surface area (Å²) in [4.78, 5) is 4.18. The zero-order valence-electron chi connectivity index (χ0n) is 6.79. The third kappa shape index (κ3) is 1.14. The van der Waals surface area contributed by atoms with Gasteiger partial charge in [-0.05, 0) is 35.0 Å². The Hall–Kier alpha value is -0.830. The van der Waals surface area contributed by atoms with Crippen molar-refractivity contribution in [3.8, 4) is 0 Å². The molecular formula is C9H9BrN2. The van der Waals surface area contributed by atoms with E-state index in [1.165, 1.54) is 10.9 Å². The summed E-state index contributed by atoms with van der Waals surface area (Å²) in [5, 5.41) is 1.23. The Morgan fingerprint density at radius 3 is 3.17 bits per heavy atom. The third-order valence-corrected chi connectivity index (χ3v) is 2.40. The van der Waals surface area contributed by atoms with Crippen LogP contribution in [0.5, 0.6) is 0 Å². The van der Waals surface area contributed by atoms with Crippen molar-refractivity contribution in [2.24, 2.45) is 0 Å². The number of hydrogen-bond donors (Lipinski definition) is 0. The van der Waals surface area contributed by atoms with Gasteiger partial charge in [-0.15, -0.1) is 0 Å². The summed E-state index contributed by atoms with van der Waals surface area (Å²) >= 11 is 3.34. The van der Waals surface area contributed by atoms with Gasteiger partial charge in [0.1, 0.15) is 4.60 Å². The van der Waals surface area contributed by atoms with Crippen LogP contribution in [0.15, 0.2) is 29.1 Å². The molecule has 0 aliphatic carbocycles. The van der Waals surface area contributed by atoms with Gasteiger partial charge in [0.15, 0.2) is 0 Å². The van der Waals surface area contributed by atoms with Crippen LogP contribution in [0.1, 0.15) is 6.92 Å². The highest BCUT2D eigenvalue weighted by atomic mass is 79.9. The molecule has 2 heterocycles. The Labute approximate surface area is 79.3 Å². The predicted octanol–water partition coefficient (Wildman–Crippen LogP) is 2.82. The van der Waals surface area contributed by atoms with E-state index < -0.39 is 0 Å². The molecule has 2 aromatic rings. The highest BCUT2D eigenvalue weighted by molar-refractivity contribution is 9.10. The molecule has 0 saturated heterocycles. The van der Waals surface area contributed by atoms with E-state index in [0.29, 0.717) is 0 Å². The maximum atomic E-state index is 4.18. The van der Waals surface area contributed by atoms with Crippen molar-refractivity contribution in [3.63, 3.8) is 0 Å². The van der Waals surface area contributed by atoms with Crippen molar-refractivity contribution in [1.29, 1.82) is 0 Å². The number of fused-ring (bicyclic) bond motifs is 1. The SMILES string of the molecule is CCn1ccc2cc(Br)ncc21. The topological polar surface area (TPSA) is 17.8 Å². The Kier molecular flexibility index (Phi) is 1.89. The van der Waals surface area contributed by atoms with Crippen LogP contribution in [0.3, 0.4) is 0 Å². The molecule has 0 aliphatic rings. The molecule has 0 N–H and O–H groups in total. The summed E-state index contributed by atoms with van der Waals surface area (Å²) in [6.45, 7) is 3.12. The fourth-order valence-electron chi connectivity index (χ4n) is 1.34. The second-order valence-corrected chi connectivity index (χ2v) is 3.48. The van der Waals surface area contributed by atoms with Crippen LogP contribution in [0.25, 0.3) is 10.9 Å². The average molecular weight is 225 g/mol. The molecule has 0 bridgehead atoms. The Balaban J connectivity index is 2.73. The van der Waals surface area contributed by atoms with E-state index in [9.17, 15) is 0 Å². The van der Waals surface area contributed by atoms with E-state index in [1.807, 2.05) is 12.3 Å². The highest BCUT2D eigenvalue weighted by Gasteiger charge is 1.99. The summed E-state index contributed by atoms with van der Waals surface area (Å²) in [7, 11) is 0. The summed E-state index contributed by atoms with van der Waals surface area (Å²) in [5.74, 6) is 0. The van der Waals surface area contributed by atoms with E-state index in [2.05, 4.69) is 44.7 Å². The molecule has 0 fully saturated rings. The lowest BCUT2D eigenvalue weighted by atomic mass is 10.3. The Bertz CT molecular complexity index is 406. The van der Waals surface area contributed by atoms with Crippen molar-refractivity contribution in [2.45, 2.75) is 13.5 Å². The van der Waals surface area contributed by atoms with Crippen LogP contribution < -0.4 is 0 Å².